The van der Waals surface area contributed by atoms with Gasteiger partial charge in [-0.25, -0.2) is 0 Å². The molecule has 0 spiro atoms. The predicted molar refractivity (Wildman–Crippen MR) is 94.2 cm³/mol. The van der Waals surface area contributed by atoms with Crippen molar-refractivity contribution < 1.29 is 27.2 Å². The first kappa shape index (κ1) is 19.7. The molecule has 6 nitrogen and oxygen atoms in total. The second kappa shape index (κ2) is 7.89. The number of amides is 1. The highest BCUT2D eigenvalue weighted by Gasteiger charge is 2.33. The summed E-state index contributed by atoms with van der Waals surface area (Å²) in [4.78, 5) is 16.5. The molecule has 0 aliphatic rings. The van der Waals surface area contributed by atoms with Crippen LogP contribution < -0.4 is 10.1 Å². The third kappa shape index (κ3) is 4.61. The van der Waals surface area contributed by atoms with Crippen LogP contribution in [0.4, 0.5) is 18.9 Å². The molecule has 1 N–H and O–H groups in total. The Bertz CT molecular complexity index is 1000. The number of aryl methyl sites for hydroxylation is 1. The molecule has 10 heteroatoms. The van der Waals surface area contributed by atoms with Crippen molar-refractivity contribution in [2.75, 3.05) is 5.32 Å². The van der Waals surface area contributed by atoms with Gasteiger partial charge >= 0.3 is 6.18 Å². The minimum atomic E-state index is -4.64. The number of hydrogen-bond donors (Lipinski definition) is 1. The van der Waals surface area contributed by atoms with Crippen LogP contribution in [0.5, 0.6) is 5.75 Å². The van der Waals surface area contributed by atoms with E-state index in [4.69, 9.17) is 20.9 Å². The molecule has 0 atom stereocenters. The second-order valence-corrected chi connectivity index (χ2v) is 6.07. The average molecular weight is 412 g/mol. The zero-order chi connectivity index (χ0) is 20.3. The van der Waals surface area contributed by atoms with E-state index < -0.39 is 22.7 Å². The van der Waals surface area contributed by atoms with Crippen molar-refractivity contribution >= 4 is 23.2 Å². The van der Waals surface area contributed by atoms with Gasteiger partial charge in [0.2, 0.25) is 11.7 Å². The van der Waals surface area contributed by atoms with Crippen molar-refractivity contribution in [3.63, 3.8) is 0 Å². The van der Waals surface area contributed by atoms with Crippen LogP contribution in [-0.2, 0) is 12.8 Å². The highest BCUT2D eigenvalue weighted by molar-refractivity contribution is 6.31. The number of nitrogens with one attached hydrogen (secondary N) is 1. The fraction of sp³-hybridized carbons (Fsp3) is 0.167. The van der Waals surface area contributed by atoms with Gasteiger partial charge in [-0.05, 0) is 30.3 Å². The van der Waals surface area contributed by atoms with E-state index in [2.05, 4.69) is 15.5 Å². The van der Waals surface area contributed by atoms with Crippen LogP contribution in [0.15, 0.2) is 47.0 Å². The third-order valence-electron chi connectivity index (χ3n) is 3.59. The smallest absolute Gasteiger partial charge is 0.417 e. The molecule has 0 unspecified atom stereocenters. The summed E-state index contributed by atoms with van der Waals surface area (Å²) in [6.07, 6.45) is -4.64. The van der Waals surface area contributed by atoms with Crippen molar-refractivity contribution in [2.45, 2.75) is 19.7 Å². The van der Waals surface area contributed by atoms with Gasteiger partial charge in [0.05, 0.1) is 16.1 Å². The number of rotatable bonds is 5. The third-order valence-corrected chi connectivity index (χ3v) is 3.92. The summed E-state index contributed by atoms with van der Waals surface area (Å²) in [5.74, 6) is 0.232. The molecule has 0 bridgehead atoms. The highest BCUT2D eigenvalue weighted by Crippen LogP contribution is 2.36. The summed E-state index contributed by atoms with van der Waals surface area (Å²) in [6.45, 7) is 1.58. The lowest BCUT2D eigenvalue weighted by Crippen LogP contribution is -2.15. The van der Waals surface area contributed by atoms with Gasteiger partial charge < -0.3 is 14.6 Å². The van der Waals surface area contributed by atoms with E-state index in [1.54, 1.807) is 25.1 Å². The standard InChI is InChI=1S/C18H13ClF3N3O3/c1-10-23-16(25-28-10)9-27-15-5-3-2-4-12(15)17(26)24-11-6-7-14(19)13(8-11)18(20,21)22/h2-8H,9H2,1H3,(H,24,26). The largest absolute Gasteiger partial charge is 0.485 e. The van der Waals surface area contributed by atoms with Crippen LogP contribution >= 0.6 is 11.6 Å². The van der Waals surface area contributed by atoms with Gasteiger partial charge in [-0.1, -0.05) is 28.9 Å². The molecule has 146 valence electrons. The minimum absolute atomic E-state index is 0.0409. The average Bonchev–Trinajstić information content (AvgIpc) is 3.06. The lowest BCUT2D eigenvalue weighted by Gasteiger charge is -2.13. The first-order chi connectivity index (χ1) is 13.2. The second-order valence-electron chi connectivity index (χ2n) is 5.66. The van der Waals surface area contributed by atoms with Gasteiger partial charge in [0.15, 0.2) is 6.61 Å². The Hall–Kier alpha value is -3.07. The van der Waals surface area contributed by atoms with Gasteiger partial charge in [0.1, 0.15) is 5.75 Å². The Balaban J connectivity index is 1.78. The van der Waals surface area contributed by atoms with Gasteiger partial charge in [-0.2, -0.15) is 18.2 Å². The van der Waals surface area contributed by atoms with Crippen LogP contribution in [0.2, 0.25) is 5.02 Å². The Morgan fingerprint density at radius 1 is 1.25 bits per heavy atom. The van der Waals surface area contributed by atoms with E-state index in [0.717, 1.165) is 12.1 Å². The number of carbonyl (C=O) groups is 1. The number of halogens is 4. The molecule has 0 aliphatic carbocycles. The van der Waals surface area contributed by atoms with Crippen molar-refractivity contribution in [3.05, 3.63) is 70.3 Å². The van der Waals surface area contributed by atoms with E-state index in [0.29, 0.717) is 11.7 Å². The molecular formula is C18H13ClF3N3O3. The van der Waals surface area contributed by atoms with Crippen LogP contribution in [0.1, 0.15) is 27.6 Å². The van der Waals surface area contributed by atoms with Crippen molar-refractivity contribution in [3.8, 4) is 5.75 Å². The number of benzene rings is 2. The number of anilines is 1. The molecule has 3 rings (SSSR count). The van der Waals surface area contributed by atoms with Crippen LogP contribution in [0.25, 0.3) is 0 Å². The molecular weight excluding hydrogens is 399 g/mol. The summed E-state index contributed by atoms with van der Waals surface area (Å²) in [5, 5.41) is 5.64. The molecule has 1 aromatic heterocycles. The van der Waals surface area contributed by atoms with Gasteiger partial charge in [0, 0.05) is 12.6 Å². The first-order valence-corrected chi connectivity index (χ1v) is 8.31. The van der Waals surface area contributed by atoms with Crippen LogP contribution in [0.3, 0.4) is 0 Å². The number of para-hydroxylation sites is 1. The quantitative estimate of drug-likeness (QED) is 0.647. The van der Waals surface area contributed by atoms with Gasteiger partial charge in [-0.15, -0.1) is 0 Å². The molecule has 2 aromatic carbocycles. The van der Waals surface area contributed by atoms with Crippen molar-refractivity contribution in [1.29, 1.82) is 0 Å². The minimum Gasteiger partial charge on any atom is -0.485 e. The molecule has 0 fully saturated rings. The zero-order valence-corrected chi connectivity index (χ0v) is 15.1. The molecule has 1 heterocycles. The number of alkyl halides is 3. The van der Waals surface area contributed by atoms with Crippen molar-refractivity contribution in [2.24, 2.45) is 0 Å². The normalized spacial score (nSPS) is 11.3. The van der Waals surface area contributed by atoms with E-state index in [-0.39, 0.29) is 23.6 Å². The Labute approximate surface area is 162 Å². The molecule has 3 aromatic rings. The summed E-state index contributed by atoms with van der Waals surface area (Å²) in [5.41, 5.74) is -0.958. The van der Waals surface area contributed by atoms with E-state index in [1.807, 2.05) is 0 Å². The number of ether oxygens (including phenoxy) is 1. The van der Waals surface area contributed by atoms with Crippen molar-refractivity contribution in [1.82, 2.24) is 10.1 Å². The topological polar surface area (TPSA) is 77.2 Å². The van der Waals surface area contributed by atoms with Crippen LogP contribution in [-0.4, -0.2) is 16.0 Å². The lowest BCUT2D eigenvalue weighted by molar-refractivity contribution is -0.137. The van der Waals surface area contributed by atoms with Gasteiger partial charge in [0.25, 0.3) is 5.91 Å². The number of carbonyl (C=O) groups excluding carboxylic acids is 1. The predicted octanol–water partition coefficient (Wildman–Crippen LogP) is 4.88. The summed E-state index contributed by atoms with van der Waals surface area (Å²) < 4.78 is 49.3. The molecule has 0 radical (unpaired) electrons. The Kier molecular flexibility index (Phi) is 5.55. The maximum absolute atomic E-state index is 13.0. The monoisotopic (exact) mass is 411 g/mol. The lowest BCUT2D eigenvalue weighted by atomic mass is 10.1. The number of hydrogen-bond acceptors (Lipinski definition) is 5. The molecule has 1 amide bonds. The number of nitrogens with zero attached hydrogens (tertiary/aromatic N) is 2. The summed E-state index contributed by atoms with van der Waals surface area (Å²) >= 11 is 5.59. The molecule has 0 saturated carbocycles. The fourth-order valence-electron chi connectivity index (χ4n) is 2.34. The first-order valence-electron chi connectivity index (χ1n) is 7.93. The Morgan fingerprint density at radius 3 is 2.68 bits per heavy atom. The molecule has 0 aliphatic heterocycles. The van der Waals surface area contributed by atoms with Crippen LogP contribution in [0, 0.1) is 6.92 Å². The summed E-state index contributed by atoms with van der Waals surface area (Å²) in [7, 11) is 0. The maximum atomic E-state index is 13.0. The Morgan fingerprint density at radius 2 is 2.00 bits per heavy atom. The van der Waals surface area contributed by atoms with E-state index in [9.17, 15) is 18.0 Å². The zero-order valence-electron chi connectivity index (χ0n) is 14.4. The van der Waals surface area contributed by atoms with E-state index >= 15 is 0 Å². The SMILES string of the molecule is Cc1nc(COc2ccccc2C(=O)Nc2ccc(Cl)c(C(F)(F)F)c2)no1. The summed E-state index contributed by atoms with van der Waals surface area (Å²) in [6, 6.07) is 9.40. The number of aromatic nitrogens is 2. The fourth-order valence-corrected chi connectivity index (χ4v) is 2.57. The van der Waals surface area contributed by atoms with Gasteiger partial charge in [-0.3, -0.25) is 4.79 Å². The highest BCUT2D eigenvalue weighted by atomic mass is 35.5. The maximum Gasteiger partial charge on any atom is 0.417 e. The molecule has 0 saturated heterocycles. The van der Waals surface area contributed by atoms with E-state index in [1.165, 1.54) is 12.1 Å². The molecule has 28 heavy (non-hydrogen) atoms.